The van der Waals surface area contributed by atoms with Crippen LogP contribution in [-0.2, 0) is 16.1 Å². The fourth-order valence-electron chi connectivity index (χ4n) is 6.64. The van der Waals surface area contributed by atoms with Crippen molar-refractivity contribution in [3.05, 3.63) is 34.6 Å². The highest BCUT2D eigenvalue weighted by Crippen LogP contribution is 2.53. The van der Waals surface area contributed by atoms with E-state index in [4.69, 9.17) is 11.6 Å². The lowest BCUT2D eigenvalue weighted by Gasteiger charge is -2.54. The number of carbonyl (C=O) groups excluding carboxylic acids is 2. The van der Waals surface area contributed by atoms with E-state index in [2.05, 4.69) is 10.6 Å². The summed E-state index contributed by atoms with van der Waals surface area (Å²) in [5.41, 5.74) is 0.375. The summed E-state index contributed by atoms with van der Waals surface area (Å²) in [6, 6.07) is 4.25. The molecule has 6 rings (SSSR count). The number of hydrogen-bond donors (Lipinski definition) is 2. The molecule has 7 heteroatoms. The van der Waals surface area contributed by atoms with Gasteiger partial charge in [-0.2, -0.15) is 0 Å². The van der Waals surface area contributed by atoms with Crippen molar-refractivity contribution < 1.29 is 14.0 Å². The molecule has 30 heavy (non-hydrogen) atoms. The van der Waals surface area contributed by atoms with Gasteiger partial charge in [0.05, 0.1) is 12.5 Å². The van der Waals surface area contributed by atoms with Gasteiger partial charge in [-0.3, -0.25) is 14.5 Å². The minimum absolute atomic E-state index is 0.0702. The van der Waals surface area contributed by atoms with Crippen LogP contribution >= 0.6 is 11.6 Å². The zero-order valence-electron chi connectivity index (χ0n) is 17.1. The van der Waals surface area contributed by atoms with Crippen molar-refractivity contribution in [2.24, 2.45) is 23.7 Å². The van der Waals surface area contributed by atoms with Crippen molar-refractivity contribution >= 4 is 23.4 Å². The van der Waals surface area contributed by atoms with Crippen LogP contribution in [-0.4, -0.2) is 41.9 Å². The molecule has 0 radical (unpaired) electrons. The van der Waals surface area contributed by atoms with E-state index >= 15 is 0 Å². The quantitative estimate of drug-likeness (QED) is 0.750. The molecule has 1 atom stereocenters. The van der Waals surface area contributed by atoms with Gasteiger partial charge in [0.25, 0.3) is 0 Å². The number of rotatable bonds is 5. The predicted molar refractivity (Wildman–Crippen MR) is 112 cm³/mol. The molecule has 5 fully saturated rings. The summed E-state index contributed by atoms with van der Waals surface area (Å²) in [7, 11) is 0. The van der Waals surface area contributed by atoms with Crippen molar-refractivity contribution in [1.29, 1.82) is 0 Å². The van der Waals surface area contributed by atoms with Gasteiger partial charge in [-0.1, -0.05) is 17.7 Å². The second kappa shape index (κ2) is 8.12. The highest BCUT2D eigenvalue weighted by Gasteiger charge is 2.48. The Kier molecular flexibility index (Phi) is 5.48. The summed E-state index contributed by atoms with van der Waals surface area (Å²) in [5, 5.41) is 6.49. The molecule has 1 aromatic carbocycles. The van der Waals surface area contributed by atoms with E-state index in [1.165, 1.54) is 38.2 Å². The highest BCUT2D eigenvalue weighted by atomic mass is 35.5. The molecule has 1 saturated heterocycles. The molecule has 0 spiro atoms. The third kappa shape index (κ3) is 3.84. The number of halogens is 2. The van der Waals surface area contributed by atoms with Crippen molar-refractivity contribution in [3.8, 4) is 0 Å². The van der Waals surface area contributed by atoms with E-state index in [0.29, 0.717) is 35.5 Å². The van der Waals surface area contributed by atoms with E-state index in [-0.39, 0.29) is 36.6 Å². The van der Waals surface area contributed by atoms with E-state index in [9.17, 15) is 14.0 Å². The molecule has 4 aliphatic carbocycles. The summed E-state index contributed by atoms with van der Waals surface area (Å²) < 4.78 is 14.3. The number of hydrogen-bond acceptors (Lipinski definition) is 3. The van der Waals surface area contributed by atoms with Crippen LogP contribution in [0.15, 0.2) is 18.2 Å². The Labute approximate surface area is 181 Å². The molecule has 2 amide bonds. The van der Waals surface area contributed by atoms with Gasteiger partial charge >= 0.3 is 0 Å². The molecule has 1 aromatic rings. The monoisotopic (exact) mass is 433 g/mol. The summed E-state index contributed by atoms with van der Waals surface area (Å²) in [4.78, 5) is 27.4. The van der Waals surface area contributed by atoms with E-state index in [1.807, 2.05) is 4.90 Å². The fourth-order valence-corrected chi connectivity index (χ4v) is 6.86. The zero-order chi connectivity index (χ0) is 20.8. The third-order valence-corrected chi connectivity index (χ3v) is 8.15. The lowest BCUT2D eigenvalue weighted by Crippen LogP contribution is -2.59. The standard InChI is InChI=1S/C23H29ClFN3O2/c24-18-2-1-3-19(25)17(18)12-28-5-4-26-23(30)20(28)11-21(29)27-22-15-7-13-6-14(9-15)10-16(22)8-13/h1-3,13-16,20,22H,4-12H2,(H,26,30)(H,27,29)/t13?,14?,15?,16?,20-,22?/m1/s1. The second-order valence-corrected chi connectivity index (χ2v) is 10.1. The molecule has 2 N–H and O–H groups in total. The van der Waals surface area contributed by atoms with Gasteiger partial charge in [0, 0.05) is 36.3 Å². The molecule has 5 aliphatic rings. The Balaban J connectivity index is 1.26. The molecular weight excluding hydrogens is 405 g/mol. The van der Waals surface area contributed by atoms with E-state index in [0.717, 1.165) is 11.8 Å². The van der Waals surface area contributed by atoms with Gasteiger partial charge in [-0.05, 0) is 67.9 Å². The summed E-state index contributed by atoms with van der Waals surface area (Å²) in [5.74, 6) is 2.27. The molecule has 4 saturated carbocycles. The molecule has 0 aromatic heterocycles. The Bertz CT molecular complexity index is 799. The van der Waals surface area contributed by atoms with Crippen molar-refractivity contribution in [3.63, 3.8) is 0 Å². The predicted octanol–water partition coefficient (Wildman–Crippen LogP) is 3.11. The molecule has 5 nitrogen and oxygen atoms in total. The fraction of sp³-hybridized carbons (Fsp3) is 0.652. The zero-order valence-corrected chi connectivity index (χ0v) is 17.8. The van der Waals surface area contributed by atoms with E-state index in [1.54, 1.807) is 12.1 Å². The van der Waals surface area contributed by atoms with Gasteiger partial charge in [0.1, 0.15) is 5.82 Å². The highest BCUT2D eigenvalue weighted by molar-refractivity contribution is 6.31. The number of piperazine rings is 1. The van der Waals surface area contributed by atoms with Crippen LogP contribution in [0.2, 0.25) is 5.02 Å². The first kappa shape index (κ1) is 20.3. The summed E-state index contributed by atoms with van der Waals surface area (Å²) >= 11 is 6.19. The maximum atomic E-state index is 14.3. The van der Waals surface area contributed by atoms with Crippen LogP contribution in [0.5, 0.6) is 0 Å². The van der Waals surface area contributed by atoms with Crippen molar-refractivity contribution in [2.75, 3.05) is 13.1 Å². The topological polar surface area (TPSA) is 61.4 Å². The lowest BCUT2D eigenvalue weighted by atomic mass is 9.54. The summed E-state index contributed by atoms with van der Waals surface area (Å²) in [6.45, 7) is 1.26. The van der Waals surface area contributed by atoms with Crippen LogP contribution < -0.4 is 10.6 Å². The van der Waals surface area contributed by atoms with Gasteiger partial charge < -0.3 is 10.6 Å². The number of nitrogens with one attached hydrogen (secondary N) is 2. The van der Waals surface area contributed by atoms with E-state index < -0.39 is 6.04 Å². The maximum absolute atomic E-state index is 14.3. The largest absolute Gasteiger partial charge is 0.353 e. The van der Waals surface area contributed by atoms with Gasteiger partial charge in [0.2, 0.25) is 11.8 Å². The second-order valence-electron chi connectivity index (χ2n) is 9.71. The molecule has 162 valence electrons. The Morgan fingerprint density at radius 1 is 1.17 bits per heavy atom. The number of benzene rings is 1. The molecule has 1 heterocycles. The molecule has 1 aliphatic heterocycles. The van der Waals surface area contributed by atoms with Crippen LogP contribution in [0, 0.1) is 29.5 Å². The number of amides is 2. The minimum Gasteiger partial charge on any atom is -0.353 e. The van der Waals surface area contributed by atoms with Crippen LogP contribution in [0.3, 0.4) is 0 Å². The van der Waals surface area contributed by atoms with Crippen molar-refractivity contribution in [2.45, 2.75) is 57.2 Å². The Hall–Kier alpha value is -1.66. The van der Waals surface area contributed by atoms with Crippen molar-refractivity contribution in [1.82, 2.24) is 15.5 Å². The first-order valence-electron chi connectivity index (χ1n) is 11.2. The van der Waals surface area contributed by atoms with Crippen LogP contribution in [0.1, 0.15) is 44.1 Å². The summed E-state index contributed by atoms with van der Waals surface area (Å²) in [6.07, 6.45) is 6.42. The lowest BCUT2D eigenvalue weighted by molar-refractivity contribution is -0.135. The first-order chi connectivity index (χ1) is 14.5. The normalized spacial score (nSPS) is 35.3. The maximum Gasteiger partial charge on any atom is 0.237 e. The van der Waals surface area contributed by atoms with Gasteiger partial charge in [-0.15, -0.1) is 0 Å². The van der Waals surface area contributed by atoms with Gasteiger partial charge in [0.15, 0.2) is 0 Å². The number of carbonyl (C=O) groups is 2. The number of nitrogens with zero attached hydrogens (tertiary/aromatic N) is 1. The molecular formula is C23H29ClFN3O2. The first-order valence-corrected chi connectivity index (χ1v) is 11.6. The third-order valence-electron chi connectivity index (χ3n) is 7.80. The van der Waals surface area contributed by atoms with Gasteiger partial charge in [-0.25, -0.2) is 4.39 Å². The minimum atomic E-state index is -0.605. The SMILES string of the molecule is O=C(C[C@@H]1C(=O)NCCN1Cc1c(F)cccc1Cl)NC1C2CC3CC(C2)CC1C3. The Morgan fingerprint density at radius 3 is 2.53 bits per heavy atom. The smallest absolute Gasteiger partial charge is 0.237 e. The average Bonchev–Trinajstić information content (AvgIpc) is 2.69. The average molecular weight is 434 g/mol. The van der Waals surface area contributed by atoms with Crippen LogP contribution in [0.4, 0.5) is 4.39 Å². The van der Waals surface area contributed by atoms with Crippen LogP contribution in [0.25, 0.3) is 0 Å². The Morgan fingerprint density at radius 2 is 1.87 bits per heavy atom. The molecule has 0 unspecified atom stereocenters. The molecule has 4 bridgehead atoms.